The second kappa shape index (κ2) is 29.0. The molecule has 4 aliphatic rings. The van der Waals surface area contributed by atoms with Crippen molar-refractivity contribution in [1.29, 1.82) is 0 Å². The molecule has 0 radical (unpaired) electrons. The Labute approximate surface area is 227 Å². The van der Waals surface area contributed by atoms with E-state index < -0.39 is 0 Å². The van der Waals surface area contributed by atoms with Gasteiger partial charge in [-0.05, 0) is 0 Å². The topological polar surface area (TPSA) is 0 Å². The quantitative estimate of drug-likeness (QED) is 0.176. The van der Waals surface area contributed by atoms with Crippen molar-refractivity contribution in [3.63, 3.8) is 0 Å². The Hall–Kier alpha value is -0.0197. The van der Waals surface area contributed by atoms with Crippen LogP contribution in [0.4, 0.5) is 0 Å². The van der Waals surface area contributed by atoms with E-state index in [1.54, 1.807) is 0 Å². The van der Waals surface area contributed by atoms with Gasteiger partial charge in [-0.25, -0.2) is 46.6 Å². The summed E-state index contributed by atoms with van der Waals surface area (Å²) in [5.41, 5.74) is 5.37. The van der Waals surface area contributed by atoms with Crippen LogP contribution in [-0.2, 0) is 47.8 Å². The van der Waals surface area contributed by atoms with Crippen LogP contribution in [0.1, 0.15) is 53.4 Å². The Kier molecular flexibility index (Phi) is 36.0. The first kappa shape index (κ1) is 37.3. The zero-order chi connectivity index (χ0) is 21.6. The molecule has 0 nitrogen and oxygen atoms in total. The van der Waals surface area contributed by atoms with E-state index in [4.69, 9.17) is 0 Å². The molecule has 160 valence electrons. The number of allylic oxidation sites excluding steroid dienone is 16. The summed E-state index contributed by atoms with van der Waals surface area (Å²) in [5.74, 6) is 0. The molecule has 0 unspecified atom stereocenters. The van der Waals surface area contributed by atoms with Gasteiger partial charge in [-0.3, -0.25) is 24.3 Å². The molecule has 0 N–H and O–H groups in total. The maximum absolute atomic E-state index is 3.39. The van der Waals surface area contributed by atoms with Crippen molar-refractivity contribution >= 4 is 33.3 Å². The molecule has 0 aromatic rings. The van der Waals surface area contributed by atoms with E-state index in [1.165, 1.54) is 22.3 Å². The molecule has 4 heteroatoms. The number of hydrogen-bond donors (Lipinski definition) is 0. The molecule has 0 atom stereocenters. The molecular weight excluding hydrogens is 740 g/mol. The minimum atomic E-state index is 0. The third-order valence-corrected chi connectivity index (χ3v) is 3.49. The van der Waals surface area contributed by atoms with Gasteiger partial charge >= 0.3 is 56.3 Å². The summed E-state index contributed by atoms with van der Waals surface area (Å²) < 4.78 is 6.78. The molecule has 30 heavy (non-hydrogen) atoms. The number of halogens is 2. The molecule has 0 aliphatic heterocycles. The van der Waals surface area contributed by atoms with Gasteiger partial charge in [0.2, 0.25) is 0 Å². The van der Waals surface area contributed by atoms with Crippen molar-refractivity contribution in [2.24, 2.45) is 0 Å². The van der Waals surface area contributed by atoms with E-state index >= 15 is 0 Å². The molecule has 0 saturated heterocycles. The van der Waals surface area contributed by atoms with Crippen LogP contribution in [0.5, 0.6) is 0 Å². The van der Waals surface area contributed by atoms with Crippen LogP contribution < -0.4 is 0 Å². The van der Waals surface area contributed by atoms with Crippen LogP contribution in [-0.4, -0.2) is 8.52 Å². The van der Waals surface area contributed by atoms with Crippen molar-refractivity contribution in [1.82, 2.24) is 0 Å². The SMILES string of the molecule is CC1=CC[C-]=C1.CC1=CC[C-]=C1.CC1=CC[C-]=C1.CC1=CC[C-]=C1.Cl.Cl.[CH2]=[Hf+2].[CH2]=[Hf+2]. The molecule has 0 aromatic carbocycles. The summed E-state index contributed by atoms with van der Waals surface area (Å²) in [5, 5.41) is 0. The standard InChI is InChI=1S/4C6H7.2CH2.2ClH.2Hf/c4*1-6-4-2-3-5-6;;;;;;/h4*4-5H,2H2,1H3;2*1H2;2*1H;;/q4*-1;;;;;2*+2. The van der Waals surface area contributed by atoms with Gasteiger partial charge in [0.05, 0.1) is 0 Å². The Morgan fingerprint density at radius 3 is 0.700 bits per heavy atom. The summed E-state index contributed by atoms with van der Waals surface area (Å²) in [4.78, 5) is 0. The second-order valence-corrected chi connectivity index (χ2v) is 6.00. The molecule has 0 heterocycles. The average Bonchev–Trinajstić information content (AvgIpc) is 3.51. The van der Waals surface area contributed by atoms with E-state index in [-0.39, 0.29) is 24.8 Å². The van der Waals surface area contributed by atoms with Gasteiger partial charge in [-0.1, -0.05) is 0 Å². The van der Waals surface area contributed by atoms with Gasteiger partial charge in [-0.2, -0.15) is 24.3 Å². The van der Waals surface area contributed by atoms with Gasteiger partial charge in [0, 0.05) is 0 Å². The summed E-state index contributed by atoms with van der Waals surface area (Å²) in [6.07, 6.45) is 33.0. The normalized spacial score (nSPS) is 15.2. The summed E-state index contributed by atoms with van der Waals surface area (Å²) in [6.45, 7) is 8.33. The number of rotatable bonds is 0. The molecule has 0 fully saturated rings. The van der Waals surface area contributed by atoms with Crippen LogP contribution in [0.3, 0.4) is 0 Å². The Morgan fingerprint density at radius 2 is 0.667 bits per heavy atom. The van der Waals surface area contributed by atoms with Gasteiger partial charge < -0.3 is 0 Å². The first-order valence-corrected chi connectivity index (χ1v) is 14.3. The zero-order valence-electron chi connectivity index (χ0n) is 18.7. The zero-order valence-corrected chi connectivity index (χ0v) is 27.5. The fraction of sp³-hybridized carbons (Fsp3) is 0.308. The van der Waals surface area contributed by atoms with Crippen LogP contribution in [0.25, 0.3) is 0 Å². The van der Waals surface area contributed by atoms with Crippen molar-refractivity contribution in [2.75, 3.05) is 0 Å². The van der Waals surface area contributed by atoms with Crippen molar-refractivity contribution < 1.29 is 47.8 Å². The maximum atomic E-state index is 3.39. The van der Waals surface area contributed by atoms with Crippen molar-refractivity contribution in [3.8, 4) is 0 Å². The Balaban J connectivity index is -0.000000139. The van der Waals surface area contributed by atoms with Crippen LogP contribution in [0.2, 0.25) is 0 Å². The summed E-state index contributed by atoms with van der Waals surface area (Å²) in [6, 6.07) is 0. The molecular formula is C26H34Cl2Hf2. The molecule has 4 rings (SSSR count). The molecule has 0 amide bonds. The number of hydrogen-bond acceptors (Lipinski definition) is 0. The van der Waals surface area contributed by atoms with Gasteiger partial charge in [-0.15, -0.1) is 78.2 Å². The Bertz CT molecular complexity index is 536. The van der Waals surface area contributed by atoms with E-state index in [9.17, 15) is 0 Å². The van der Waals surface area contributed by atoms with E-state index in [0.29, 0.717) is 0 Å². The van der Waals surface area contributed by atoms with Crippen molar-refractivity contribution in [3.05, 3.63) is 95.2 Å². The first-order valence-electron chi connectivity index (χ1n) is 9.22. The molecule has 0 saturated carbocycles. The third-order valence-electron chi connectivity index (χ3n) is 3.49. The third kappa shape index (κ3) is 26.0. The molecule has 0 aromatic heterocycles. The second-order valence-electron chi connectivity index (χ2n) is 6.00. The van der Waals surface area contributed by atoms with Crippen LogP contribution in [0, 0.1) is 24.3 Å². The van der Waals surface area contributed by atoms with E-state index in [0.717, 1.165) is 73.5 Å². The van der Waals surface area contributed by atoms with Crippen molar-refractivity contribution in [2.45, 2.75) is 53.4 Å². The predicted molar refractivity (Wildman–Crippen MR) is 133 cm³/mol. The van der Waals surface area contributed by atoms with Crippen LogP contribution in [0.15, 0.2) is 70.9 Å². The fourth-order valence-electron chi connectivity index (χ4n) is 2.00. The van der Waals surface area contributed by atoms with Gasteiger partial charge in [0.25, 0.3) is 0 Å². The predicted octanol–water partition coefficient (Wildman–Crippen LogP) is 7.56. The summed E-state index contributed by atoms with van der Waals surface area (Å²) >= 11 is 2.11. The first-order chi connectivity index (χ1) is 13.6. The molecule has 0 spiro atoms. The fourth-order valence-corrected chi connectivity index (χ4v) is 2.00. The van der Waals surface area contributed by atoms with E-state index in [1.807, 2.05) is 24.3 Å². The van der Waals surface area contributed by atoms with E-state index in [2.05, 4.69) is 84.8 Å². The molecule has 0 bridgehead atoms. The average molecular weight is 774 g/mol. The Morgan fingerprint density at radius 1 is 0.500 bits per heavy atom. The minimum absolute atomic E-state index is 0. The monoisotopic (exact) mass is 776 g/mol. The van der Waals surface area contributed by atoms with Crippen LogP contribution >= 0.6 is 24.8 Å². The molecule has 4 aliphatic carbocycles. The van der Waals surface area contributed by atoms with Gasteiger partial charge in [0.1, 0.15) is 0 Å². The van der Waals surface area contributed by atoms with Gasteiger partial charge in [0.15, 0.2) is 0 Å². The summed E-state index contributed by atoms with van der Waals surface area (Å²) in [7, 11) is 0.